The maximum Gasteiger partial charge on any atom is 0.270 e. The summed E-state index contributed by atoms with van der Waals surface area (Å²) in [6.45, 7) is 0.579. The quantitative estimate of drug-likeness (QED) is 0.848. The van der Waals surface area contributed by atoms with Gasteiger partial charge in [-0.2, -0.15) is 16.6 Å². The molecule has 2 heterocycles. The SMILES string of the molecule is CN(Cc1ccsc1)C(=O)c1cc(C#N)cn1C. The number of nitriles is 1. The van der Waals surface area contributed by atoms with Gasteiger partial charge in [0.25, 0.3) is 5.91 Å². The summed E-state index contributed by atoms with van der Waals surface area (Å²) in [6, 6.07) is 5.66. The number of amides is 1. The highest BCUT2D eigenvalue weighted by atomic mass is 32.1. The number of hydrogen-bond donors (Lipinski definition) is 0. The Hall–Kier alpha value is -2.06. The smallest absolute Gasteiger partial charge is 0.270 e. The Bertz CT molecular complexity index is 592. The van der Waals surface area contributed by atoms with Crippen LogP contribution >= 0.6 is 11.3 Å². The Morgan fingerprint density at radius 1 is 1.61 bits per heavy atom. The van der Waals surface area contributed by atoms with E-state index in [1.54, 1.807) is 47.2 Å². The van der Waals surface area contributed by atoms with Crippen LogP contribution < -0.4 is 0 Å². The van der Waals surface area contributed by atoms with E-state index in [0.29, 0.717) is 17.8 Å². The minimum absolute atomic E-state index is 0.0785. The highest BCUT2D eigenvalue weighted by Gasteiger charge is 2.16. The fourth-order valence-electron chi connectivity index (χ4n) is 1.76. The molecular formula is C13H13N3OS. The number of nitrogens with zero attached hydrogens (tertiary/aromatic N) is 3. The van der Waals surface area contributed by atoms with Crippen molar-refractivity contribution < 1.29 is 4.79 Å². The fraction of sp³-hybridized carbons (Fsp3) is 0.231. The van der Waals surface area contributed by atoms with Crippen molar-refractivity contribution >= 4 is 17.2 Å². The minimum Gasteiger partial charge on any atom is -0.345 e. The molecule has 0 spiro atoms. The van der Waals surface area contributed by atoms with Crippen LogP contribution in [0.25, 0.3) is 0 Å². The molecule has 18 heavy (non-hydrogen) atoms. The molecule has 4 nitrogen and oxygen atoms in total. The van der Waals surface area contributed by atoms with Gasteiger partial charge in [-0.1, -0.05) is 0 Å². The molecule has 0 aromatic carbocycles. The third kappa shape index (κ3) is 2.44. The predicted molar refractivity (Wildman–Crippen MR) is 70.2 cm³/mol. The van der Waals surface area contributed by atoms with E-state index >= 15 is 0 Å². The van der Waals surface area contributed by atoms with Crippen LogP contribution in [0.15, 0.2) is 29.1 Å². The van der Waals surface area contributed by atoms with Crippen molar-refractivity contribution in [1.82, 2.24) is 9.47 Å². The number of aromatic nitrogens is 1. The van der Waals surface area contributed by atoms with Crippen molar-refractivity contribution in [2.45, 2.75) is 6.54 Å². The van der Waals surface area contributed by atoms with Crippen molar-refractivity contribution in [2.75, 3.05) is 7.05 Å². The Morgan fingerprint density at radius 2 is 2.39 bits per heavy atom. The average molecular weight is 259 g/mol. The van der Waals surface area contributed by atoms with Crippen LogP contribution in [0.2, 0.25) is 0 Å². The Kier molecular flexibility index (Phi) is 3.49. The van der Waals surface area contributed by atoms with Gasteiger partial charge >= 0.3 is 0 Å². The minimum atomic E-state index is -0.0785. The Morgan fingerprint density at radius 3 is 2.94 bits per heavy atom. The maximum absolute atomic E-state index is 12.2. The van der Waals surface area contributed by atoms with Crippen LogP contribution in [0.5, 0.6) is 0 Å². The van der Waals surface area contributed by atoms with Gasteiger partial charge in [0.15, 0.2) is 0 Å². The van der Waals surface area contributed by atoms with Gasteiger partial charge in [0, 0.05) is 26.8 Å². The van der Waals surface area contributed by atoms with Gasteiger partial charge in [-0.05, 0) is 28.5 Å². The van der Waals surface area contributed by atoms with Crippen molar-refractivity contribution in [2.24, 2.45) is 7.05 Å². The molecule has 1 amide bonds. The molecule has 0 aliphatic rings. The lowest BCUT2D eigenvalue weighted by Gasteiger charge is -2.16. The number of carbonyl (C=O) groups is 1. The van der Waals surface area contributed by atoms with Gasteiger partial charge in [-0.25, -0.2) is 0 Å². The zero-order chi connectivity index (χ0) is 13.1. The first kappa shape index (κ1) is 12.4. The lowest BCUT2D eigenvalue weighted by atomic mass is 10.3. The monoisotopic (exact) mass is 259 g/mol. The lowest BCUT2D eigenvalue weighted by Crippen LogP contribution is -2.27. The predicted octanol–water partition coefficient (Wildman–Crippen LogP) is 2.23. The molecule has 92 valence electrons. The molecule has 0 fully saturated rings. The van der Waals surface area contributed by atoms with Crippen molar-refractivity contribution in [3.8, 4) is 6.07 Å². The number of hydrogen-bond acceptors (Lipinski definition) is 3. The van der Waals surface area contributed by atoms with Gasteiger partial charge in [0.05, 0.1) is 5.56 Å². The standard InChI is InChI=1S/C13H13N3OS/c1-15-8-11(6-14)5-12(15)13(17)16(2)7-10-3-4-18-9-10/h3-5,8-9H,7H2,1-2H3. The highest BCUT2D eigenvalue weighted by Crippen LogP contribution is 2.13. The summed E-state index contributed by atoms with van der Waals surface area (Å²) < 4.78 is 1.69. The zero-order valence-electron chi connectivity index (χ0n) is 10.3. The molecule has 0 aliphatic carbocycles. The molecule has 0 bridgehead atoms. The first-order valence-electron chi connectivity index (χ1n) is 5.45. The summed E-state index contributed by atoms with van der Waals surface area (Å²) in [5.74, 6) is -0.0785. The number of aryl methyl sites for hydroxylation is 1. The second kappa shape index (κ2) is 5.07. The first-order valence-corrected chi connectivity index (χ1v) is 6.39. The molecule has 0 aliphatic heterocycles. The summed E-state index contributed by atoms with van der Waals surface area (Å²) in [7, 11) is 3.53. The van der Waals surface area contributed by atoms with E-state index in [-0.39, 0.29) is 5.91 Å². The molecule has 0 N–H and O–H groups in total. The third-order valence-corrected chi connectivity index (χ3v) is 3.43. The van der Waals surface area contributed by atoms with E-state index in [2.05, 4.69) is 0 Å². The number of rotatable bonds is 3. The molecule has 0 saturated heterocycles. The molecule has 2 aromatic heterocycles. The zero-order valence-corrected chi connectivity index (χ0v) is 11.1. The Labute approximate surface area is 110 Å². The molecule has 0 saturated carbocycles. The normalized spacial score (nSPS) is 10.1. The van der Waals surface area contributed by atoms with E-state index in [4.69, 9.17) is 5.26 Å². The van der Waals surface area contributed by atoms with Crippen molar-refractivity contribution in [1.29, 1.82) is 5.26 Å². The number of thiophene rings is 1. The second-order valence-electron chi connectivity index (χ2n) is 4.13. The van der Waals surface area contributed by atoms with Crippen LogP contribution in [0.1, 0.15) is 21.6 Å². The molecule has 5 heteroatoms. The summed E-state index contributed by atoms with van der Waals surface area (Å²) >= 11 is 1.61. The molecule has 2 aromatic rings. The van der Waals surface area contributed by atoms with Crippen LogP contribution in [0.3, 0.4) is 0 Å². The van der Waals surface area contributed by atoms with Crippen LogP contribution in [-0.4, -0.2) is 22.4 Å². The van der Waals surface area contributed by atoms with Gasteiger partial charge < -0.3 is 9.47 Å². The van der Waals surface area contributed by atoms with Crippen molar-refractivity contribution in [3.05, 3.63) is 45.9 Å². The highest BCUT2D eigenvalue weighted by molar-refractivity contribution is 7.07. The molecular weight excluding hydrogens is 246 g/mol. The van der Waals surface area contributed by atoms with E-state index in [0.717, 1.165) is 5.56 Å². The van der Waals surface area contributed by atoms with Crippen molar-refractivity contribution in [3.63, 3.8) is 0 Å². The first-order chi connectivity index (χ1) is 8.61. The Balaban J connectivity index is 2.15. The van der Waals surface area contributed by atoms with E-state index < -0.39 is 0 Å². The van der Waals surface area contributed by atoms with Gasteiger partial charge in [-0.15, -0.1) is 0 Å². The summed E-state index contributed by atoms with van der Waals surface area (Å²) in [4.78, 5) is 13.9. The van der Waals surface area contributed by atoms with Gasteiger partial charge in [0.1, 0.15) is 11.8 Å². The van der Waals surface area contributed by atoms with Crippen LogP contribution in [-0.2, 0) is 13.6 Å². The average Bonchev–Trinajstić information content (AvgIpc) is 2.97. The summed E-state index contributed by atoms with van der Waals surface area (Å²) in [5, 5.41) is 12.8. The molecule has 0 radical (unpaired) electrons. The van der Waals surface area contributed by atoms with Crippen LogP contribution in [0.4, 0.5) is 0 Å². The fourth-order valence-corrected chi connectivity index (χ4v) is 2.42. The van der Waals surface area contributed by atoms with Gasteiger partial charge in [0.2, 0.25) is 0 Å². The van der Waals surface area contributed by atoms with Crippen LogP contribution in [0, 0.1) is 11.3 Å². The lowest BCUT2D eigenvalue weighted by molar-refractivity contribution is 0.0776. The van der Waals surface area contributed by atoms with Gasteiger partial charge in [-0.3, -0.25) is 4.79 Å². The molecule has 0 atom stereocenters. The third-order valence-electron chi connectivity index (χ3n) is 2.70. The van der Waals surface area contributed by atoms with E-state index in [9.17, 15) is 4.79 Å². The second-order valence-corrected chi connectivity index (χ2v) is 4.91. The maximum atomic E-state index is 12.2. The van der Waals surface area contributed by atoms with E-state index in [1.807, 2.05) is 22.9 Å². The van der Waals surface area contributed by atoms with E-state index in [1.165, 1.54) is 0 Å². The summed E-state index contributed by atoms with van der Waals surface area (Å²) in [6.07, 6.45) is 1.66. The summed E-state index contributed by atoms with van der Waals surface area (Å²) in [5.41, 5.74) is 2.15. The number of carbonyl (C=O) groups excluding carboxylic acids is 1. The molecule has 0 unspecified atom stereocenters. The topological polar surface area (TPSA) is 49.0 Å². The largest absolute Gasteiger partial charge is 0.345 e. The molecule has 2 rings (SSSR count).